The van der Waals surface area contributed by atoms with Gasteiger partial charge in [0, 0.05) is 13.2 Å². The van der Waals surface area contributed by atoms with Crippen molar-refractivity contribution in [1.82, 2.24) is 0 Å². The molecule has 0 saturated heterocycles. The molecular formula is C22H48O. The van der Waals surface area contributed by atoms with Crippen LogP contribution in [0.5, 0.6) is 0 Å². The van der Waals surface area contributed by atoms with Crippen molar-refractivity contribution in [2.24, 2.45) is 5.92 Å². The number of hydrogen-bond acceptors (Lipinski definition) is 1. The van der Waals surface area contributed by atoms with Crippen LogP contribution in [0.4, 0.5) is 0 Å². The van der Waals surface area contributed by atoms with E-state index < -0.39 is 0 Å². The van der Waals surface area contributed by atoms with Crippen LogP contribution in [-0.4, -0.2) is 13.2 Å². The molecule has 0 atom stereocenters. The summed E-state index contributed by atoms with van der Waals surface area (Å²) in [7, 11) is 0. The van der Waals surface area contributed by atoms with Gasteiger partial charge in [-0.2, -0.15) is 0 Å². The molecule has 0 unspecified atom stereocenters. The van der Waals surface area contributed by atoms with Crippen LogP contribution < -0.4 is 0 Å². The van der Waals surface area contributed by atoms with Gasteiger partial charge < -0.3 is 4.74 Å². The first-order valence-corrected chi connectivity index (χ1v) is 10.8. The second-order valence-corrected chi connectivity index (χ2v) is 7.12. The largest absolute Gasteiger partial charge is 0.381 e. The number of unbranched alkanes of at least 4 members (excludes halogenated alkanes) is 5. The molecule has 0 N–H and O–H groups in total. The third kappa shape index (κ3) is 27.1. The number of rotatable bonds is 9. The van der Waals surface area contributed by atoms with Crippen molar-refractivity contribution in [3.63, 3.8) is 0 Å². The van der Waals surface area contributed by atoms with Gasteiger partial charge in [-0.1, -0.05) is 112 Å². The Hall–Kier alpha value is -0.0400. The SMILES string of the molecule is CC1CCCCCC1.CCCCCCCC.CCCOCCC. The Balaban J connectivity index is 0. The van der Waals surface area contributed by atoms with Gasteiger partial charge in [-0.15, -0.1) is 0 Å². The monoisotopic (exact) mass is 328 g/mol. The molecule has 1 rings (SSSR count). The molecule has 1 aliphatic carbocycles. The summed E-state index contributed by atoms with van der Waals surface area (Å²) in [5.41, 5.74) is 0. The molecule has 0 aromatic heterocycles. The highest BCUT2D eigenvalue weighted by molar-refractivity contribution is 4.58. The molecule has 1 saturated carbocycles. The predicted octanol–water partition coefficient (Wildman–Crippen LogP) is 8.17. The molecule has 0 aromatic carbocycles. The van der Waals surface area contributed by atoms with Crippen molar-refractivity contribution in [2.75, 3.05) is 13.2 Å². The quantitative estimate of drug-likeness (QED) is 0.306. The van der Waals surface area contributed by atoms with Crippen LogP contribution in [0.15, 0.2) is 0 Å². The van der Waals surface area contributed by atoms with E-state index in [0.29, 0.717) is 0 Å². The molecule has 23 heavy (non-hydrogen) atoms. The summed E-state index contributed by atoms with van der Waals surface area (Å²) in [6.07, 6.45) is 19.7. The second-order valence-electron chi connectivity index (χ2n) is 7.12. The van der Waals surface area contributed by atoms with E-state index in [1.165, 1.54) is 77.0 Å². The molecule has 142 valence electrons. The smallest absolute Gasteiger partial charge is 0.0463 e. The molecule has 0 aromatic rings. The number of hydrogen-bond donors (Lipinski definition) is 0. The summed E-state index contributed by atoms with van der Waals surface area (Å²) in [5.74, 6) is 1.03. The van der Waals surface area contributed by atoms with Crippen molar-refractivity contribution in [2.45, 2.75) is 125 Å². The lowest BCUT2D eigenvalue weighted by atomic mass is 10.0. The van der Waals surface area contributed by atoms with Gasteiger partial charge in [0.05, 0.1) is 0 Å². The van der Waals surface area contributed by atoms with Gasteiger partial charge in [0.1, 0.15) is 0 Å². The van der Waals surface area contributed by atoms with Crippen LogP contribution in [0.2, 0.25) is 0 Å². The van der Waals surface area contributed by atoms with Crippen LogP contribution >= 0.6 is 0 Å². The fourth-order valence-electron chi connectivity index (χ4n) is 2.73. The Bertz CT molecular complexity index is 161. The van der Waals surface area contributed by atoms with E-state index in [4.69, 9.17) is 4.74 Å². The molecule has 1 heteroatoms. The summed E-state index contributed by atoms with van der Waals surface area (Å²) in [5, 5.41) is 0. The maximum atomic E-state index is 5.13. The van der Waals surface area contributed by atoms with Crippen molar-refractivity contribution in [3.05, 3.63) is 0 Å². The molecule has 1 aliphatic rings. The summed E-state index contributed by atoms with van der Waals surface area (Å²) < 4.78 is 5.13. The first kappa shape index (κ1) is 25.2. The van der Waals surface area contributed by atoms with Crippen LogP contribution in [0.1, 0.15) is 125 Å². The van der Waals surface area contributed by atoms with Gasteiger partial charge in [-0.05, 0) is 18.8 Å². The molecule has 0 bridgehead atoms. The minimum absolute atomic E-state index is 0.924. The first-order chi connectivity index (χ1) is 11.2. The molecule has 0 heterocycles. The Kier molecular flexibility index (Phi) is 26.5. The Morgan fingerprint density at radius 2 is 1.04 bits per heavy atom. The minimum atomic E-state index is 0.924. The van der Waals surface area contributed by atoms with E-state index in [2.05, 4.69) is 34.6 Å². The maximum Gasteiger partial charge on any atom is 0.0463 e. The lowest BCUT2D eigenvalue weighted by Gasteiger charge is -2.02. The summed E-state index contributed by atoms with van der Waals surface area (Å²) >= 11 is 0. The van der Waals surface area contributed by atoms with Gasteiger partial charge >= 0.3 is 0 Å². The Morgan fingerprint density at radius 1 is 0.609 bits per heavy atom. The molecule has 0 radical (unpaired) electrons. The average Bonchev–Trinajstić information content (AvgIpc) is 2.81. The average molecular weight is 329 g/mol. The first-order valence-electron chi connectivity index (χ1n) is 10.8. The zero-order chi connectivity index (χ0) is 17.6. The van der Waals surface area contributed by atoms with Gasteiger partial charge in [-0.3, -0.25) is 0 Å². The van der Waals surface area contributed by atoms with E-state index in [-0.39, 0.29) is 0 Å². The van der Waals surface area contributed by atoms with E-state index in [0.717, 1.165) is 32.0 Å². The Morgan fingerprint density at radius 3 is 1.39 bits per heavy atom. The van der Waals surface area contributed by atoms with Gasteiger partial charge in [0.25, 0.3) is 0 Å². The highest BCUT2D eigenvalue weighted by atomic mass is 16.5. The third-order valence-corrected chi connectivity index (χ3v) is 4.30. The lowest BCUT2D eigenvalue weighted by molar-refractivity contribution is 0.135. The highest BCUT2D eigenvalue weighted by Crippen LogP contribution is 2.21. The molecule has 0 aliphatic heterocycles. The zero-order valence-corrected chi connectivity index (χ0v) is 17.3. The number of ether oxygens (including phenoxy) is 1. The van der Waals surface area contributed by atoms with Crippen molar-refractivity contribution in [1.29, 1.82) is 0 Å². The van der Waals surface area contributed by atoms with E-state index in [9.17, 15) is 0 Å². The molecule has 1 fully saturated rings. The normalized spacial score (nSPS) is 15.0. The summed E-state index contributed by atoms with van der Waals surface area (Å²) in [6, 6.07) is 0. The van der Waals surface area contributed by atoms with Gasteiger partial charge in [-0.25, -0.2) is 0 Å². The topological polar surface area (TPSA) is 9.23 Å². The highest BCUT2D eigenvalue weighted by Gasteiger charge is 2.05. The molecule has 0 amide bonds. The van der Waals surface area contributed by atoms with Crippen molar-refractivity contribution < 1.29 is 4.74 Å². The second kappa shape index (κ2) is 24.2. The minimum Gasteiger partial charge on any atom is -0.381 e. The fraction of sp³-hybridized carbons (Fsp3) is 1.00. The predicted molar refractivity (Wildman–Crippen MR) is 107 cm³/mol. The van der Waals surface area contributed by atoms with E-state index in [1.807, 2.05) is 0 Å². The van der Waals surface area contributed by atoms with E-state index >= 15 is 0 Å². The summed E-state index contributed by atoms with van der Waals surface area (Å²) in [4.78, 5) is 0. The van der Waals surface area contributed by atoms with Crippen LogP contribution in [0, 0.1) is 5.92 Å². The molecule has 0 spiro atoms. The van der Waals surface area contributed by atoms with Crippen LogP contribution in [0.25, 0.3) is 0 Å². The van der Waals surface area contributed by atoms with Crippen molar-refractivity contribution in [3.8, 4) is 0 Å². The van der Waals surface area contributed by atoms with Crippen LogP contribution in [-0.2, 0) is 4.74 Å². The Labute approximate surface area is 149 Å². The fourth-order valence-corrected chi connectivity index (χ4v) is 2.73. The summed E-state index contributed by atoms with van der Waals surface area (Å²) in [6.45, 7) is 13.0. The van der Waals surface area contributed by atoms with Crippen LogP contribution in [0.3, 0.4) is 0 Å². The van der Waals surface area contributed by atoms with Gasteiger partial charge in [0.2, 0.25) is 0 Å². The van der Waals surface area contributed by atoms with Gasteiger partial charge in [0.15, 0.2) is 0 Å². The van der Waals surface area contributed by atoms with E-state index in [1.54, 1.807) is 0 Å². The maximum absolute atomic E-state index is 5.13. The lowest BCUT2D eigenvalue weighted by Crippen LogP contribution is -1.92. The molecule has 1 nitrogen and oxygen atoms in total. The zero-order valence-electron chi connectivity index (χ0n) is 17.3. The van der Waals surface area contributed by atoms with Crippen molar-refractivity contribution >= 4 is 0 Å². The standard InChI is InChI=1S/C8H16.C8H18.C6H14O/c1-8-6-4-2-3-5-7-8;1-3-5-7-8-6-4-2;1-3-5-7-6-4-2/h8H,2-7H2,1H3;3-8H2,1-2H3;3-6H2,1-2H3. The molecular weight excluding hydrogens is 280 g/mol. The third-order valence-electron chi connectivity index (χ3n) is 4.30.